The molecule has 12 aromatic rings. The summed E-state index contributed by atoms with van der Waals surface area (Å²) in [4.78, 5) is 63.8. The van der Waals surface area contributed by atoms with Crippen LogP contribution in [0.3, 0.4) is 0 Å². The summed E-state index contributed by atoms with van der Waals surface area (Å²) in [5.41, 5.74) is -1.69. The van der Waals surface area contributed by atoms with E-state index in [2.05, 4.69) is 82.0 Å². The van der Waals surface area contributed by atoms with Crippen molar-refractivity contribution >= 4 is 0 Å². The number of hydrogen-bond acceptors (Lipinski definition) is 24. The van der Waals surface area contributed by atoms with Crippen molar-refractivity contribution in [3.63, 3.8) is 0 Å². The maximum atomic E-state index is 13.1. The van der Waals surface area contributed by atoms with E-state index < -0.39 is 47.9 Å². The number of alkyl halides is 5. The van der Waals surface area contributed by atoms with Gasteiger partial charge in [0, 0.05) is 88.8 Å². The predicted octanol–water partition coefficient (Wildman–Crippen LogP) is 0.0657. The van der Waals surface area contributed by atoms with Crippen molar-refractivity contribution in [3.05, 3.63) is 139 Å². The van der Waals surface area contributed by atoms with Gasteiger partial charge in [-0.1, -0.05) is 0 Å². The summed E-state index contributed by atoms with van der Waals surface area (Å²) < 4.78 is 128. The van der Waals surface area contributed by atoms with Crippen LogP contribution < -0.4 is 41.7 Å². The minimum absolute atomic E-state index is 0.0580. The molecule has 0 unspecified atom stereocenters. The molecular formula is C45H53F5N32O8. The molecule has 12 aromatic heterocycles. The molecule has 0 aliphatic rings. The lowest BCUT2D eigenvalue weighted by molar-refractivity contribution is -0.206. The second-order valence-corrected chi connectivity index (χ2v) is 19.4. The van der Waals surface area contributed by atoms with E-state index in [1.807, 2.05) is 43.8 Å². The number of ether oxygens (including phenoxy) is 4. The molecule has 0 saturated carbocycles. The summed E-state index contributed by atoms with van der Waals surface area (Å²) in [6.45, 7) is 6.45. The van der Waals surface area contributed by atoms with Crippen LogP contribution in [-0.2, 0) is 66.5 Å². The Morgan fingerprint density at radius 3 is 1.02 bits per heavy atom. The maximum Gasteiger partial charge on any atom is 0.490 e. The first-order valence-electron chi connectivity index (χ1n) is 27.6. The van der Waals surface area contributed by atoms with E-state index in [0.29, 0.717) is 55.5 Å². The van der Waals surface area contributed by atoms with Gasteiger partial charge in [0.15, 0.2) is 28.9 Å². The second kappa shape index (κ2) is 26.3. The Balaban J connectivity index is 0.000000148. The van der Waals surface area contributed by atoms with Crippen molar-refractivity contribution in [2.75, 3.05) is 0 Å². The number of nitrogens with one attached hydrogen (secondary N) is 4. The summed E-state index contributed by atoms with van der Waals surface area (Å²) in [5.74, 6) is 0.870. The molecule has 0 fully saturated rings. The first-order chi connectivity index (χ1) is 44.5. The zero-order chi connectivity index (χ0) is 68.1. The summed E-state index contributed by atoms with van der Waals surface area (Å²) >= 11 is 0. The van der Waals surface area contributed by atoms with Crippen LogP contribution in [-0.4, -0.2) is 158 Å². The largest absolute Gasteiger partial charge is 0.490 e. The van der Waals surface area contributed by atoms with Gasteiger partial charge in [0.05, 0.1) is 12.7 Å². The monoisotopic (exact) mass is 1270 g/mol. The molecule has 0 radical (unpaired) electrons. The Kier molecular flexibility index (Phi) is 16.7. The SMILES string of the molecule is [3H]n1ccc(OCc2c(-n3nnn(C)c3=O)ncn2C(C)(C)C)n1.[3H]n1ccc(OCc2c(-n3nnn(C)c3=O)ncn2C(C)C)n1.[3H]n1ccc(OCc2c(-n3nnn(C)c3=O)ncn2C(F)(F)F)n1.[3H]n1ccc(OCc2c(-n3nnn(C)c3=O)ncn2C(F)F)n1. The van der Waals surface area contributed by atoms with Gasteiger partial charge in [-0.05, 0) is 76.3 Å². The first-order valence-corrected chi connectivity index (χ1v) is 25.8. The highest BCUT2D eigenvalue weighted by molar-refractivity contribution is 5.31. The zero-order valence-corrected chi connectivity index (χ0v) is 48.4. The average molecular weight is 1270 g/mol. The fraction of sp³-hybridized carbons (Fsp3) is 0.378. The standard InChI is InChI=1S/C13H18N8O2.C12H16N8O2.C10H9F3N8O2.C10H10F2N8O2/c1-13(2,3)20-8-14-11(21-12(22)19(4)17-18-21)9(20)7-23-10-5-6-15-16-10;1-8(2)19-7-13-11(20-12(21)18(3)16-17-20)9(19)6-22-10-4-5-14-15-10;1-19-9(22)21(18-17-19)8-6(4-23-7-2-3-15-16-7)20(5-14-8)10(11,12)13;1-18-10(21)20(17-16-18)8-6(19(5-13-8)9(11)12)4-22-7-2-3-14-15-7/h5-6,8H,7H2,1-4H3,(H,15,16);4-5,7-8H,6H2,1-3H3,(H,14,15);2-3,5H,4H2,1H3,(H,15,16);2-3,5,9H,4H2,1H3,(H,14,15)/i/hT4. The van der Waals surface area contributed by atoms with Crippen LogP contribution in [0.15, 0.2) is 93.5 Å². The van der Waals surface area contributed by atoms with Crippen molar-refractivity contribution in [2.45, 2.75) is 85.5 Å². The van der Waals surface area contributed by atoms with Crippen molar-refractivity contribution in [2.24, 2.45) is 28.2 Å². The zero-order valence-electron chi connectivity index (χ0n) is 52.4. The molecule has 12 rings (SSSR count). The van der Waals surface area contributed by atoms with Gasteiger partial charge in [-0.25, -0.2) is 43.7 Å². The normalized spacial score (nSPS) is 12.2. The number of rotatable bonds is 18. The van der Waals surface area contributed by atoms with Crippen molar-refractivity contribution in [3.8, 4) is 46.8 Å². The highest BCUT2D eigenvalue weighted by atomic mass is 19.4. The van der Waals surface area contributed by atoms with Gasteiger partial charge in [-0.2, -0.15) is 27.5 Å². The molecule has 4 N–H and O–H groups in total. The van der Waals surface area contributed by atoms with Gasteiger partial charge >= 0.3 is 35.6 Å². The van der Waals surface area contributed by atoms with Crippen LogP contribution in [0, 0.1) is 0 Å². The van der Waals surface area contributed by atoms with Crippen LogP contribution in [0.1, 0.15) is 70.0 Å². The molecule has 12 heterocycles. The third kappa shape index (κ3) is 13.8. The number of imidazole rings is 4. The first kappa shape index (κ1) is 57.1. The fourth-order valence-corrected chi connectivity index (χ4v) is 7.69. The van der Waals surface area contributed by atoms with E-state index in [1.165, 1.54) is 65.1 Å². The third-order valence-corrected chi connectivity index (χ3v) is 12.1. The number of aryl methyl sites for hydroxylation is 4. The van der Waals surface area contributed by atoms with E-state index in [0.717, 1.165) is 54.4 Å². The molecule has 0 aromatic carbocycles. The Morgan fingerprint density at radius 1 is 0.456 bits per heavy atom. The molecular weight excluding hydrogens is 1210 g/mol. The van der Waals surface area contributed by atoms with Crippen LogP contribution in [0.4, 0.5) is 22.0 Å². The quantitative estimate of drug-likeness (QED) is 0.0826. The minimum Gasteiger partial charge on any atom is -0.470 e. The Bertz CT molecular complexity index is 4480. The Morgan fingerprint density at radius 2 is 0.744 bits per heavy atom. The van der Waals surface area contributed by atoms with Gasteiger partial charge in [0.1, 0.15) is 61.9 Å². The van der Waals surface area contributed by atoms with Gasteiger partial charge in [-0.15, -0.1) is 52.3 Å². The lowest BCUT2D eigenvalue weighted by Crippen LogP contribution is -2.27. The number of H-pyrrole nitrogens is 4. The van der Waals surface area contributed by atoms with Crippen LogP contribution in [0.2, 0.25) is 5.65 Å². The Labute approximate surface area is 503 Å². The molecule has 45 heteroatoms. The van der Waals surface area contributed by atoms with Gasteiger partial charge in [0.2, 0.25) is 23.5 Å². The van der Waals surface area contributed by atoms with E-state index >= 15 is 0 Å². The van der Waals surface area contributed by atoms with Crippen molar-refractivity contribution in [1.29, 1.82) is 0 Å². The van der Waals surface area contributed by atoms with Gasteiger partial charge < -0.3 is 28.1 Å². The molecule has 476 valence electrons. The predicted molar refractivity (Wildman–Crippen MR) is 289 cm³/mol. The number of halogens is 5. The molecule has 90 heavy (non-hydrogen) atoms. The van der Waals surface area contributed by atoms with Crippen LogP contribution in [0.5, 0.6) is 23.5 Å². The van der Waals surface area contributed by atoms with E-state index in [1.54, 1.807) is 24.8 Å². The minimum atomic E-state index is -4.77. The summed E-state index contributed by atoms with van der Waals surface area (Å²) in [6.07, 6.45) is 5.36. The van der Waals surface area contributed by atoms with E-state index in [-0.39, 0.29) is 65.1 Å². The number of aromatic amines is 4. The number of tetrazole rings is 4. The van der Waals surface area contributed by atoms with E-state index in [4.69, 9.17) is 24.6 Å². The van der Waals surface area contributed by atoms with Crippen LogP contribution >= 0.6 is 0 Å². The average Bonchev–Trinajstić information content (AvgIpc) is 1.66. The molecule has 0 spiro atoms. The number of nitrogens with zero attached hydrogens (tertiary/aromatic N) is 28. The Hall–Kier alpha value is -12.0. The molecule has 0 aliphatic heterocycles. The fourth-order valence-electron chi connectivity index (χ4n) is 7.69. The molecule has 0 aliphatic carbocycles. The number of hydrogen-bond donors (Lipinski definition) is 4. The lowest BCUT2D eigenvalue weighted by atomic mass is 10.1. The number of aromatic nitrogens is 32. The highest BCUT2D eigenvalue weighted by Gasteiger charge is 2.36. The molecule has 0 saturated heterocycles. The highest BCUT2D eigenvalue weighted by Crippen LogP contribution is 2.28. The molecule has 40 nitrogen and oxygen atoms in total. The maximum absolute atomic E-state index is 13.1. The van der Waals surface area contributed by atoms with Gasteiger partial charge in [0.25, 0.3) is 0 Å². The molecule has 0 amide bonds. The summed E-state index contributed by atoms with van der Waals surface area (Å²) in [6, 6.07) is 5.98. The smallest absolute Gasteiger partial charge is 0.470 e. The van der Waals surface area contributed by atoms with E-state index in [9.17, 15) is 41.1 Å². The molecule has 0 atom stereocenters. The van der Waals surface area contributed by atoms with Crippen LogP contribution in [0.25, 0.3) is 23.3 Å². The van der Waals surface area contributed by atoms with Crippen molar-refractivity contribution in [1.82, 2.24) is 158 Å². The summed E-state index contributed by atoms with van der Waals surface area (Å²) in [7, 11) is 5.70. The topological polar surface area (TPSA) is 434 Å². The van der Waals surface area contributed by atoms with Crippen molar-refractivity contribution < 1.29 is 46.5 Å². The lowest BCUT2D eigenvalue weighted by Gasteiger charge is -2.23. The second-order valence-electron chi connectivity index (χ2n) is 19.4. The summed E-state index contributed by atoms with van der Waals surface area (Å²) in [5, 5.41) is 47.2. The van der Waals surface area contributed by atoms with Gasteiger partial charge in [-0.3, -0.25) is 24.9 Å². The molecule has 0 bridgehead atoms. The third-order valence-electron chi connectivity index (χ3n) is 12.1.